The van der Waals surface area contributed by atoms with Crippen LogP contribution < -0.4 is 11.1 Å². The molecule has 0 aliphatic rings. The van der Waals surface area contributed by atoms with Crippen LogP contribution in [0.5, 0.6) is 0 Å². The Bertz CT molecular complexity index is 538. The fraction of sp³-hybridized carbons (Fsp3) is 0.538. The number of hydrogen-bond donors (Lipinski definition) is 2. The van der Waals surface area contributed by atoms with Crippen molar-refractivity contribution in [1.29, 1.82) is 0 Å². The summed E-state index contributed by atoms with van der Waals surface area (Å²) in [4.78, 5) is 0. The molecule has 0 fully saturated rings. The van der Waals surface area contributed by atoms with Crippen molar-refractivity contribution in [3.63, 3.8) is 0 Å². The summed E-state index contributed by atoms with van der Waals surface area (Å²) >= 11 is 0. The van der Waals surface area contributed by atoms with Crippen molar-refractivity contribution < 1.29 is 9.37 Å². The molecule has 0 spiro atoms. The van der Waals surface area contributed by atoms with E-state index in [2.05, 4.69) is 29.5 Å². The zero-order valence-corrected chi connectivity index (χ0v) is 11.5. The minimum atomic E-state index is 0.198. The highest BCUT2D eigenvalue weighted by molar-refractivity contribution is 5.95. The number of nitrogens with one attached hydrogen (secondary N) is 1. The normalized spacial score (nSPS) is 13.1. The number of nitrogen functional groups attached to an aromatic ring is 1. The van der Waals surface area contributed by atoms with Gasteiger partial charge in [-0.3, -0.25) is 0 Å². The highest BCUT2D eigenvalue weighted by Gasteiger charge is 2.17. The van der Waals surface area contributed by atoms with Gasteiger partial charge in [0, 0.05) is 6.61 Å². The zero-order chi connectivity index (χ0) is 13.8. The molecule has 0 saturated heterocycles. The molecule has 0 bridgehead atoms. The molecule has 0 saturated carbocycles. The number of benzene rings is 1. The Hall–Kier alpha value is -1.82. The van der Waals surface area contributed by atoms with E-state index in [0.717, 1.165) is 5.69 Å². The Morgan fingerprint density at radius 1 is 1.32 bits per heavy atom. The van der Waals surface area contributed by atoms with Gasteiger partial charge in [0.05, 0.1) is 24.0 Å². The Kier molecular flexibility index (Phi) is 4.21. The molecule has 0 radical (unpaired) electrons. The minimum Gasteiger partial charge on any atom is -0.397 e. The SMILES string of the molecule is CCOCC(Nc1ccc(N)c2nonc12)C(C)C. The topological polar surface area (TPSA) is 86.2 Å². The fourth-order valence-corrected chi connectivity index (χ4v) is 1.85. The van der Waals surface area contributed by atoms with Crippen LogP contribution in [0.15, 0.2) is 16.8 Å². The lowest BCUT2D eigenvalue weighted by atomic mass is 10.0. The number of fused-ring (bicyclic) bond motifs is 1. The summed E-state index contributed by atoms with van der Waals surface area (Å²) in [5.41, 5.74) is 8.49. The van der Waals surface area contributed by atoms with Gasteiger partial charge < -0.3 is 15.8 Å². The van der Waals surface area contributed by atoms with Gasteiger partial charge in [0.2, 0.25) is 0 Å². The van der Waals surface area contributed by atoms with Gasteiger partial charge in [0.15, 0.2) is 11.0 Å². The van der Waals surface area contributed by atoms with Gasteiger partial charge >= 0.3 is 0 Å². The van der Waals surface area contributed by atoms with E-state index in [4.69, 9.17) is 15.1 Å². The molecule has 2 aromatic rings. The van der Waals surface area contributed by atoms with Gasteiger partial charge in [-0.1, -0.05) is 13.8 Å². The number of rotatable bonds is 6. The molecule has 0 amide bonds. The molecular formula is C13H20N4O2. The molecular weight excluding hydrogens is 244 g/mol. The Balaban J connectivity index is 2.23. The van der Waals surface area contributed by atoms with Gasteiger partial charge in [-0.25, -0.2) is 4.63 Å². The van der Waals surface area contributed by atoms with Crippen LogP contribution in [0.1, 0.15) is 20.8 Å². The number of aromatic nitrogens is 2. The van der Waals surface area contributed by atoms with Gasteiger partial charge in [-0.15, -0.1) is 0 Å². The van der Waals surface area contributed by atoms with Crippen molar-refractivity contribution in [2.45, 2.75) is 26.8 Å². The third-order valence-corrected chi connectivity index (χ3v) is 3.09. The van der Waals surface area contributed by atoms with Crippen LogP contribution in [0.4, 0.5) is 11.4 Å². The van der Waals surface area contributed by atoms with Crippen molar-refractivity contribution in [2.24, 2.45) is 5.92 Å². The third-order valence-electron chi connectivity index (χ3n) is 3.09. The molecule has 1 aromatic heterocycles. The van der Waals surface area contributed by atoms with E-state index in [0.29, 0.717) is 35.9 Å². The molecule has 0 aliphatic carbocycles. The highest BCUT2D eigenvalue weighted by Crippen LogP contribution is 2.26. The summed E-state index contributed by atoms with van der Waals surface area (Å²) < 4.78 is 10.3. The number of nitrogens with zero attached hydrogens (tertiary/aromatic N) is 2. The molecule has 6 nitrogen and oxygen atoms in total. The van der Waals surface area contributed by atoms with E-state index in [1.54, 1.807) is 6.07 Å². The Morgan fingerprint density at radius 3 is 2.74 bits per heavy atom. The molecule has 1 aromatic carbocycles. The van der Waals surface area contributed by atoms with Crippen LogP contribution in [0.2, 0.25) is 0 Å². The fourth-order valence-electron chi connectivity index (χ4n) is 1.85. The number of nitrogens with two attached hydrogens (primary N) is 1. The van der Waals surface area contributed by atoms with E-state index < -0.39 is 0 Å². The van der Waals surface area contributed by atoms with Crippen LogP contribution in [0.25, 0.3) is 11.0 Å². The van der Waals surface area contributed by atoms with Crippen LogP contribution in [-0.2, 0) is 4.74 Å². The molecule has 6 heteroatoms. The average molecular weight is 264 g/mol. The lowest BCUT2D eigenvalue weighted by Crippen LogP contribution is -2.31. The molecule has 1 atom stereocenters. The molecule has 1 heterocycles. The van der Waals surface area contributed by atoms with Crippen molar-refractivity contribution in [2.75, 3.05) is 24.3 Å². The highest BCUT2D eigenvalue weighted by atomic mass is 16.6. The van der Waals surface area contributed by atoms with E-state index in [1.165, 1.54) is 0 Å². The van der Waals surface area contributed by atoms with Gasteiger partial charge in [0.25, 0.3) is 0 Å². The predicted molar refractivity (Wildman–Crippen MR) is 75.0 cm³/mol. The second kappa shape index (κ2) is 5.88. The first-order valence-electron chi connectivity index (χ1n) is 6.48. The average Bonchev–Trinajstić information content (AvgIpc) is 2.87. The van der Waals surface area contributed by atoms with Gasteiger partial charge in [-0.05, 0) is 35.3 Å². The minimum absolute atomic E-state index is 0.198. The largest absolute Gasteiger partial charge is 0.397 e. The standard InChI is InChI=1S/C13H20N4O2/c1-4-18-7-11(8(2)3)15-10-6-5-9(14)12-13(10)17-19-16-12/h5-6,8,11,15H,4,7,14H2,1-3H3. The molecule has 0 aliphatic heterocycles. The zero-order valence-electron chi connectivity index (χ0n) is 11.5. The van der Waals surface area contributed by atoms with Crippen molar-refractivity contribution in [1.82, 2.24) is 10.3 Å². The summed E-state index contributed by atoms with van der Waals surface area (Å²) in [5.74, 6) is 0.430. The first-order valence-corrected chi connectivity index (χ1v) is 6.48. The van der Waals surface area contributed by atoms with Crippen molar-refractivity contribution in [3.05, 3.63) is 12.1 Å². The summed E-state index contributed by atoms with van der Waals surface area (Å²) in [5, 5.41) is 11.1. The second-order valence-electron chi connectivity index (χ2n) is 4.82. The van der Waals surface area contributed by atoms with Gasteiger partial charge in [-0.2, -0.15) is 0 Å². The first kappa shape index (κ1) is 13.6. The molecule has 104 valence electrons. The van der Waals surface area contributed by atoms with Crippen molar-refractivity contribution >= 4 is 22.4 Å². The molecule has 2 rings (SSSR count). The quantitative estimate of drug-likeness (QED) is 0.778. The number of ether oxygens (including phenoxy) is 1. The van der Waals surface area contributed by atoms with Crippen LogP contribution in [0.3, 0.4) is 0 Å². The van der Waals surface area contributed by atoms with E-state index in [9.17, 15) is 0 Å². The lowest BCUT2D eigenvalue weighted by molar-refractivity contribution is 0.127. The second-order valence-corrected chi connectivity index (χ2v) is 4.82. The van der Waals surface area contributed by atoms with Crippen LogP contribution >= 0.6 is 0 Å². The predicted octanol–water partition coefficient (Wildman–Crippen LogP) is 2.28. The van der Waals surface area contributed by atoms with E-state index >= 15 is 0 Å². The maximum Gasteiger partial charge on any atom is 0.160 e. The Morgan fingerprint density at radius 2 is 2.05 bits per heavy atom. The van der Waals surface area contributed by atoms with Crippen LogP contribution in [0, 0.1) is 5.92 Å². The van der Waals surface area contributed by atoms with E-state index in [1.807, 2.05) is 13.0 Å². The maximum atomic E-state index is 5.83. The lowest BCUT2D eigenvalue weighted by Gasteiger charge is -2.23. The summed E-state index contributed by atoms with van der Waals surface area (Å²) in [7, 11) is 0. The Labute approximate surface area is 112 Å². The van der Waals surface area contributed by atoms with E-state index in [-0.39, 0.29) is 6.04 Å². The number of anilines is 2. The maximum absolute atomic E-state index is 5.83. The summed E-state index contributed by atoms with van der Waals surface area (Å²) in [6, 6.07) is 3.89. The third kappa shape index (κ3) is 2.96. The number of hydrogen-bond acceptors (Lipinski definition) is 6. The first-order chi connectivity index (χ1) is 9.13. The summed E-state index contributed by atoms with van der Waals surface area (Å²) in [6.07, 6.45) is 0. The molecule has 3 N–H and O–H groups in total. The van der Waals surface area contributed by atoms with Crippen LogP contribution in [-0.4, -0.2) is 29.6 Å². The smallest absolute Gasteiger partial charge is 0.160 e. The van der Waals surface area contributed by atoms with Crippen molar-refractivity contribution in [3.8, 4) is 0 Å². The summed E-state index contributed by atoms with van der Waals surface area (Å²) in [6.45, 7) is 7.62. The molecule has 19 heavy (non-hydrogen) atoms. The molecule has 1 unspecified atom stereocenters. The monoisotopic (exact) mass is 264 g/mol. The van der Waals surface area contributed by atoms with Gasteiger partial charge in [0.1, 0.15) is 0 Å².